The van der Waals surface area contributed by atoms with Crippen LogP contribution in [-0.4, -0.2) is 29.7 Å². The van der Waals surface area contributed by atoms with Crippen LogP contribution in [0.3, 0.4) is 0 Å². The van der Waals surface area contributed by atoms with Crippen LogP contribution in [0.2, 0.25) is 0 Å². The van der Waals surface area contributed by atoms with Crippen LogP contribution in [0.25, 0.3) is 0 Å². The van der Waals surface area contributed by atoms with E-state index < -0.39 is 10.0 Å². The molecule has 6 nitrogen and oxygen atoms in total. The Kier molecular flexibility index (Phi) is 3.01. The van der Waals surface area contributed by atoms with Gasteiger partial charge in [0.15, 0.2) is 5.03 Å². The summed E-state index contributed by atoms with van der Waals surface area (Å²) in [5.41, 5.74) is -0.0893. The molecule has 2 rings (SSSR count). The lowest BCUT2D eigenvalue weighted by molar-refractivity contribution is -0.0217. The summed E-state index contributed by atoms with van der Waals surface area (Å²) in [5, 5.41) is 4.88. The summed E-state index contributed by atoms with van der Waals surface area (Å²) < 4.78 is 29.6. The highest BCUT2D eigenvalue weighted by Crippen LogP contribution is 2.30. The maximum absolute atomic E-state index is 11.1. The molecular weight excluding hydrogens is 242 g/mol. The molecular formula is C10H17N3O3S. The second-order valence-electron chi connectivity index (χ2n) is 4.99. The van der Waals surface area contributed by atoms with Gasteiger partial charge >= 0.3 is 0 Å². The molecule has 0 radical (unpaired) electrons. The quantitative estimate of drug-likeness (QED) is 0.855. The number of hydrogen-bond donors (Lipinski definition) is 1. The van der Waals surface area contributed by atoms with Crippen LogP contribution in [0.5, 0.6) is 0 Å². The van der Waals surface area contributed by atoms with Gasteiger partial charge in [0, 0.05) is 12.7 Å². The second kappa shape index (κ2) is 4.08. The van der Waals surface area contributed by atoms with Gasteiger partial charge in [-0.25, -0.2) is 18.5 Å². The predicted molar refractivity (Wildman–Crippen MR) is 61.8 cm³/mol. The van der Waals surface area contributed by atoms with Crippen molar-refractivity contribution in [1.82, 2.24) is 9.55 Å². The number of primary sulfonamides is 1. The SMILES string of the molecule is CC1(C)CCC(Cn2cnc(S(N)(=O)=O)c2)O1. The molecule has 96 valence electrons. The Morgan fingerprint density at radius 1 is 1.65 bits per heavy atom. The third-order valence-electron chi connectivity index (χ3n) is 2.87. The molecule has 2 N–H and O–H groups in total. The van der Waals surface area contributed by atoms with Gasteiger partial charge in [-0.15, -0.1) is 0 Å². The molecule has 0 amide bonds. The lowest BCUT2D eigenvalue weighted by atomic mass is 10.1. The van der Waals surface area contributed by atoms with Gasteiger partial charge in [-0.05, 0) is 26.7 Å². The smallest absolute Gasteiger partial charge is 0.257 e. The molecule has 1 aromatic heterocycles. The molecule has 1 saturated heterocycles. The average molecular weight is 259 g/mol. The average Bonchev–Trinajstić information content (AvgIpc) is 2.72. The first-order valence-electron chi connectivity index (χ1n) is 5.49. The number of hydrogen-bond acceptors (Lipinski definition) is 4. The highest BCUT2D eigenvalue weighted by molar-refractivity contribution is 7.89. The van der Waals surface area contributed by atoms with Crippen molar-refractivity contribution in [1.29, 1.82) is 0 Å². The van der Waals surface area contributed by atoms with Gasteiger partial charge in [0.1, 0.15) is 0 Å². The fourth-order valence-electron chi connectivity index (χ4n) is 2.03. The molecule has 0 spiro atoms. The van der Waals surface area contributed by atoms with E-state index in [0.29, 0.717) is 6.54 Å². The third kappa shape index (κ3) is 3.05. The molecule has 1 aliphatic heterocycles. The van der Waals surface area contributed by atoms with Gasteiger partial charge in [0.05, 0.1) is 18.0 Å². The van der Waals surface area contributed by atoms with E-state index in [0.717, 1.165) is 12.8 Å². The fraction of sp³-hybridized carbons (Fsp3) is 0.700. The van der Waals surface area contributed by atoms with Crippen LogP contribution >= 0.6 is 0 Å². The van der Waals surface area contributed by atoms with E-state index in [4.69, 9.17) is 9.88 Å². The third-order valence-corrected chi connectivity index (χ3v) is 3.66. The van der Waals surface area contributed by atoms with Gasteiger partial charge in [-0.1, -0.05) is 0 Å². The van der Waals surface area contributed by atoms with Crippen molar-refractivity contribution < 1.29 is 13.2 Å². The molecule has 1 aromatic rings. The first-order valence-corrected chi connectivity index (χ1v) is 7.03. The van der Waals surface area contributed by atoms with Crippen LogP contribution in [0.1, 0.15) is 26.7 Å². The van der Waals surface area contributed by atoms with Crippen molar-refractivity contribution >= 4 is 10.0 Å². The number of imidazole rings is 1. The Morgan fingerprint density at radius 3 is 2.82 bits per heavy atom. The number of sulfonamides is 1. The van der Waals surface area contributed by atoms with Crippen molar-refractivity contribution in [2.45, 2.75) is 50.0 Å². The van der Waals surface area contributed by atoms with Crippen molar-refractivity contribution in [3.63, 3.8) is 0 Å². The standard InChI is InChI=1S/C10H17N3O3S/c1-10(2)4-3-8(16-10)5-13-6-9(12-7-13)17(11,14)15/h6-8H,3-5H2,1-2H3,(H2,11,14,15). The summed E-state index contributed by atoms with van der Waals surface area (Å²) in [6.07, 6.45) is 4.98. The van der Waals surface area contributed by atoms with E-state index in [2.05, 4.69) is 18.8 Å². The molecule has 0 aliphatic carbocycles. The van der Waals surface area contributed by atoms with Crippen LogP contribution < -0.4 is 5.14 Å². The zero-order chi connectivity index (χ0) is 12.7. The molecule has 7 heteroatoms. The van der Waals surface area contributed by atoms with Crippen molar-refractivity contribution in [2.24, 2.45) is 5.14 Å². The maximum atomic E-state index is 11.1. The lowest BCUT2D eigenvalue weighted by Crippen LogP contribution is -2.22. The number of nitrogens with zero attached hydrogens (tertiary/aromatic N) is 2. The first-order chi connectivity index (χ1) is 7.76. The Balaban J connectivity index is 2.04. The van der Waals surface area contributed by atoms with E-state index in [1.54, 1.807) is 4.57 Å². The van der Waals surface area contributed by atoms with Crippen LogP contribution in [0, 0.1) is 0 Å². The largest absolute Gasteiger partial charge is 0.370 e. The fourth-order valence-corrected chi connectivity index (χ4v) is 2.50. The first kappa shape index (κ1) is 12.5. The molecule has 2 heterocycles. The minimum Gasteiger partial charge on any atom is -0.370 e. The molecule has 0 bridgehead atoms. The highest BCUT2D eigenvalue weighted by atomic mass is 32.2. The Morgan fingerprint density at radius 2 is 2.35 bits per heavy atom. The van der Waals surface area contributed by atoms with Crippen LogP contribution in [0.4, 0.5) is 0 Å². The Labute approximate surface area is 101 Å². The van der Waals surface area contributed by atoms with Crippen molar-refractivity contribution in [3.8, 4) is 0 Å². The highest BCUT2D eigenvalue weighted by Gasteiger charge is 2.31. The minimum absolute atomic E-state index is 0.0893. The number of ether oxygens (including phenoxy) is 1. The van der Waals surface area contributed by atoms with Crippen LogP contribution in [0.15, 0.2) is 17.6 Å². The topological polar surface area (TPSA) is 87.2 Å². The van der Waals surface area contributed by atoms with E-state index >= 15 is 0 Å². The van der Waals surface area contributed by atoms with Crippen LogP contribution in [-0.2, 0) is 21.3 Å². The molecule has 1 atom stereocenters. The zero-order valence-corrected chi connectivity index (χ0v) is 10.8. The summed E-state index contributed by atoms with van der Waals surface area (Å²) >= 11 is 0. The molecule has 0 saturated carbocycles. The molecule has 1 fully saturated rings. The van der Waals surface area contributed by atoms with E-state index in [1.807, 2.05) is 0 Å². The van der Waals surface area contributed by atoms with E-state index in [-0.39, 0.29) is 16.7 Å². The van der Waals surface area contributed by atoms with Gasteiger partial charge in [0.2, 0.25) is 0 Å². The van der Waals surface area contributed by atoms with Crippen molar-refractivity contribution in [3.05, 3.63) is 12.5 Å². The lowest BCUT2D eigenvalue weighted by Gasteiger charge is -2.19. The summed E-state index contributed by atoms with van der Waals surface area (Å²) in [6.45, 7) is 4.71. The van der Waals surface area contributed by atoms with Gasteiger partial charge in [-0.3, -0.25) is 0 Å². The summed E-state index contributed by atoms with van der Waals surface area (Å²) in [5.74, 6) is 0. The summed E-state index contributed by atoms with van der Waals surface area (Å²) in [4.78, 5) is 3.76. The second-order valence-corrected chi connectivity index (χ2v) is 6.50. The summed E-state index contributed by atoms with van der Waals surface area (Å²) in [6, 6.07) is 0. The monoisotopic (exact) mass is 259 g/mol. The Bertz CT molecular complexity index is 507. The normalized spacial score (nSPS) is 24.1. The van der Waals surface area contributed by atoms with Gasteiger partial charge in [-0.2, -0.15) is 0 Å². The Hall–Kier alpha value is -0.920. The molecule has 17 heavy (non-hydrogen) atoms. The maximum Gasteiger partial charge on any atom is 0.257 e. The number of aromatic nitrogens is 2. The predicted octanol–water partition coefficient (Wildman–Crippen LogP) is 0.488. The number of rotatable bonds is 3. The molecule has 1 unspecified atom stereocenters. The molecule has 1 aliphatic rings. The van der Waals surface area contributed by atoms with Gasteiger partial charge < -0.3 is 9.30 Å². The molecule has 0 aromatic carbocycles. The number of nitrogens with two attached hydrogens (primary N) is 1. The zero-order valence-electron chi connectivity index (χ0n) is 9.96. The van der Waals surface area contributed by atoms with Gasteiger partial charge in [0.25, 0.3) is 10.0 Å². The summed E-state index contributed by atoms with van der Waals surface area (Å²) in [7, 11) is -3.71. The van der Waals surface area contributed by atoms with Crippen molar-refractivity contribution in [2.75, 3.05) is 0 Å². The van der Waals surface area contributed by atoms with E-state index in [1.165, 1.54) is 12.5 Å². The minimum atomic E-state index is -3.71. The van der Waals surface area contributed by atoms with E-state index in [9.17, 15) is 8.42 Å².